The zero-order valence-electron chi connectivity index (χ0n) is 4.73. The second-order valence-corrected chi connectivity index (χ2v) is 1.53. The summed E-state index contributed by atoms with van der Waals surface area (Å²) in [6, 6.07) is 0. The van der Waals surface area contributed by atoms with Gasteiger partial charge in [0.1, 0.15) is 0 Å². The van der Waals surface area contributed by atoms with Crippen LogP contribution in [0.4, 0.5) is 0 Å². The molecule has 0 rings (SSSR count). The van der Waals surface area contributed by atoms with Gasteiger partial charge in [-0.15, -0.1) is 0 Å². The van der Waals surface area contributed by atoms with Gasteiger partial charge in [-0.2, -0.15) is 0 Å². The summed E-state index contributed by atoms with van der Waals surface area (Å²) in [5.41, 5.74) is 0. The van der Waals surface area contributed by atoms with Crippen LogP contribution in [0, 0.1) is 0 Å². The Morgan fingerprint density at radius 2 is 1.50 bits per heavy atom. The van der Waals surface area contributed by atoms with E-state index < -0.39 is 0 Å². The van der Waals surface area contributed by atoms with Crippen LogP contribution in [0.5, 0.6) is 0 Å². The van der Waals surface area contributed by atoms with E-state index in [2.05, 4.69) is 34.8 Å². The predicted octanol–water partition coefficient (Wildman–Crippen LogP) is 0.609. The average molecular weight is 77.5 g/mol. The molecule has 3 heteroatoms. The van der Waals surface area contributed by atoms with Crippen LogP contribution >= 0.6 is 0 Å². The minimum atomic E-state index is 0.685. The van der Waals surface area contributed by atoms with E-state index in [1.165, 1.54) is 0 Å². The normalized spacial score (nSPS) is 7.17. The van der Waals surface area contributed by atoms with E-state index >= 15 is 0 Å². The molecule has 0 saturated carbocycles. The first kappa shape index (κ1) is 6.19. The van der Waals surface area contributed by atoms with Gasteiger partial charge in [0.05, 0.1) is 20.8 Å². The highest BCUT2D eigenvalue weighted by Crippen LogP contribution is 1.71. The molecule has 0 bridgehead atoms. The van der Waals surface area contributed by atoms with Crippen LogP contribution < -0.4 is 0 Å². The molecule has 0 N–H and O–H groups in total. The van der Waals surface area contributed by atoms with E-state index in [0.29, 0.717) is 6.49 Å². The molecule has 0 unspecified atom stereocenters. The Labute approximate surface area is 42.2 Å². The summed E-state index contributed by atoms with van der Waals surface area (Å²) in [6.07, 6.45) is 0. The Hall–Kier alpha value is 0.195. The standard InChI is InChI=1S/C3H9B3/c1-4-6(3)5-2/h1-3H3. The fraction of sp³-hybridized carbons (Fsp3) is 1.00. The minimum Gasteiger partial charge on any atom is -0.0999 e. The Morgan fingerprint density at radius 3 is 1.50 bits per heavy atom. The Bertz CT molecular complexity index is 25.2. The van der Waals surface area contributed by atoms with E-state index in [0.717, 1.165) is 0 Å². The fourth-order valence-electron chi connectivity index (χ4n) is 0.192. The molecule has 0 spiro atoms. The van der Waals surface area contributed by atoms with Gasteiger partial charge in [0, 0.05) is 0 Å². The average Bonchev–Trinajstić information content (AvgIpc) is 1.65. The molecule has 0 aromatic heterocycles. The van der Waals surface area contributed by atoms with Gasteiger partial charge in [-0.3, -0.25) is 0 Å². The van der Waals surface area contributed by atoms with Gasteiger partial charge in [0.2, 0.25) is 0 Å². The first-order valence-electron chi connectivity index (χ1n) is 2.40. The lowest BCUT2D eigenvalue weighted by Crippen LogP contribution is -2.21. The van der Waals surface area contributed by atoms with E-state index in [4.69, 9.17) is 0 Å². The molecule has 0 aromatic rings. The highest BCUT2D eigenvalue weighted by Gasteiger charge is 1.96. The molecular formula is C3H9B3. The lowest BCUT2D eigenvalue weighted by Gasteiger charge is -1.91. The third kappa shape index (κ3) is 2.43. The van der Waals surface area contributed by atoms with Crippen molar-refractivity contribution in [2.75, 3.05) is 0 Å². The van der Waals surface area contributed by atoms with Crippen LogP contribution in [0.3, 0.4) is 0 Å². The summed E-state index contributed by atoms with van der Waals surface area (Å²) >= 11 is 0. The summed E-state index contributed by atoms with van der Waals surface area (Å²) in [4.78, 5) is 0. The molecule has 0 aliphatic heterocycles. The van der Waals surface area contributed by atoms with Crippen molar-refractivity contribution >= 4 is 20.8 Å². The van der Waals surface area contributed by atoms with Crippen LogP contribution in [0.15, 0.2) is 0 Å². The molecule has 0 aliphatic rings. The number of rotatable bonds is 2. The zero-order valence-corrected chi connectivity index (χ0v) is 4.73. The second-order valence-electron chi connectivity index (χ2n) is 1.53. The van der Waals surface area contributed by atoms with Gasteiger partial charge in [0.25, 0.3) is 0 Å². The smallest absolute Gasteiger partial charge is 0.0606 e. The number of hydrogen-bond acceptors (Lipinski definition) is 0. The largest absolute Gasteiger partial charge is 0.0999 e. The van der Waals surface area contributed by atoms with Crippen LogP contribution in [0.25, 0.3) is 0 Å². The summed E-state index contributed by atoms with van der Waals surface area (Å²) in [6.45, 7) is 7.00. The minimum absolute atomic E-state index is 0.685. The van der Waals surface area contributed by atoms with Crippen molar-refractivity contribution < 1.29 is 0 Å². The highest BCUT2D eigenvalue weighted by atomic mass is 13.1. The van der Waals surface area contributed by atoms with Gasteiger partial charge in [0.15, 0.2) is 0 Å². The lowest BCUT2D eigenvalue weighted by molar-refractivity contribution is 2.22. The third-order valence-corrected chi connectivity index (χ3v) is 1.05. The van der Waals surface area contributed by atoms with Gasteiger partial charge in [-0.1, -0.05) is 20.5 Å². The van der Waals surface area contributed by atoms with E-state index in [1.807, 2.05) is 0 Å². The molecule has 6 heavy (non-hydrogen) atoms. The fourth-order valence-corrected chi connectivity index (χ4v) is 0.192. The van der Waals surface area contributed by atoms with Crippen molar-refractivity contribution in [1.29, 1.82) is 0 Å². The second kappa shape index (κ2) is 3.39. The molecule has 0 fully saturated rings. The molecule has 0 aromatic carbocycles. The van der Waals surface area contributed by atoms with Crippen molar-refractivity contribution in [1.82, 2.24) is 0 Å². The maximum Gasteiger partial charge on any atom is 0.0606 e. The molecule has 0 amide bonds. The molecule has 0 heterocycles. The molecule has 0 atom stereocenters. The number of hydrogen-bond donors (Lipinski definition) is 0. The van der Waals surface area contributed by atoms with Crippen molar-refractivity contribution in [3.63, 3.8) is 0 Å². The monoisotopic (exact) mass is 78.1 g/mol. The summed E-state index contributed by atoms with van der Waals surface area (Å²) in [5, 5.41) is 0. The molecule has 2 radical (unpaired) electrons. The molecular weight excluding hydrogens is 68.5 g/mol. The summed E-state index contributed by atoms with van der Waals surface area (Å²) in [7, 11) is 4.33. The Morgan fingerprint density at radius 1 is 1.17 bits per heavy atom. The summed E-state index contributed by atoms with van der Waals surface area (Å²) < 4.78 is 0. The molecule has 0 saturated heterocycles. The van der Waals surface area contributed by atoms with Crippen LogP contribution in [0.1, 0.15) is 0 Å². The maximum atomic E-state index is 2.17. The first-order chi connectivity index (χ1) is 2.81. The highest BCUT2D eigenvalue weighted by molar-refractivity contribution is 7.38. The van der Waals surface area contributed by atoms with E-state index in [1.54, 1.807) is 0 Å². The van der Waals surface area contributed by atoms with Crippen molar-refractivity contribution in [2.24, 2.45) is 0 Å². The Kier molecular flexibility index (Phi) is 3.50. The van der Waals surface area contributed by atoms with E-state index in [-0.39, 0.29) is 0 Å². The lowest BCUT2D eigenvalue weighted by atomic mass is 9.06. The third-order valence-electron chi connectivity index (χ3n) is 1.05. The topological polar surface area (TPSA) is 0 Å². The molecule has 0 nitrogen and oxygen atoms in total. The van der Waals surface area contributed by atoms with Gasteiger partial charge >= 0.3 is 0 Å². The Balaban J connectivity index is 2.75. The molecule has 0 aliphatic carbocycles. The zero-order chi connectivity index (χ0) is 4.99. The molecule has 30 valence electrons. The van der Waals surface area contributed by atoms with E-state index in [9.17, 15) is 0 Å². The summed E-state index contributed by atoms with van der Waals surface area (Å²) in [5.74, 6) is 0. The predicted molar refractivity (Wildman–Crippen MR) is 34.9 cm³/mol. The SMILES string of the molecule is C[B]B(C)[B]C. The van der Waals surface area contributed by atoms with Crippen LogP contribution in [-0.2, 0) is 0 Å². The first-order valence-corrected chi connectivity index (χ1v) is 2.40. The van der Waals surface area contributed by atoms with Crippen molar-refractivity contribution in [3.05, 3.63) is 0 Å². The van der Waals surface area contributed by atoms with Gasteiger partial charge < -0.3 is 0 Å². The van der Waals surface area contributed by atoms with Crippen LogP contribution in [0.2, 0.25) is 20.5 Å². The van der Waals surface area contributed by atoms with Gasteiger partial charge in [-0.25, -0.2) is 0 Å². The van der Waals surface area contributed by atoms with Crippen molar-refractivity contribution in [3.8, 4) is 0 Å². The maximum absolute atomic E-state index is 2.17. The van der Waals surface area contributed by atoms with Gasteiger partial charge in [-0.05, 0) is 0 Å². The quantitative estimate of drug-likeness (QED) is 0.424. The van der Waals surface area contributed by atoms with Crippen LogP contribution in [-0.4, -0.2) is 20.8 Å². The van der Waals surface area contributed by atoms with Crippen molar-refractivity contribution in [2.45, 2.75) is 20.5 Å².